The fraction of sp³-hybridized carbons (Fsp3) is 0.857. The van der Waals surface area contributed by atoms with Gasteiger partial charge in [-0.3, -0.25) is 0 Å². The first-order chi connectivity index (χ1) is 7.59. The summed E-state index contributed by atoms with van der Waals surface area (Å²) in [5.74, 6) is -0.0277. The first-order valence-electron chi connectivity index (χ1n) is 4.35. The van der Waals surface area contributed by atoms with Gasteiger partial charge in [-0.25, -0.2) is 9.18 Å². The topological polar surface area (TPSA) is 102 Å². The molecule has 0 bridgehead atoms. The number of nitrogens with one attached hydrogen (secondary N) is 1. The van der Waals surface area contributed by atoms with Crippen molar-refractivity contribution >= 4 is 17.6 Å². The molecule has 3 N–H and O–H groups in total. The predicted molar refractivity (Wildman–Crippen MR) is 54.6 cm³/mol. The number of alkyl halides is 2. The number of aliphatic hydroxyl groups is 2. The molecule has 0 spiro atoms. The van der Waals surface area contributed by atoms with Crippen molar-refractivity contribution in [2.75, 3.05) is 32.3 Å². The van der Waals surface area contributed by atoms with E-state index in [1.54, 1.807) is 0 Å². The second kappa shape index (κ2) is 7.31. The maximum atomic E-state index is 12.5. The van der Waals surface area contributed by atoms with Gasteiger partial charge in [-0.2, -0.15) is 5.01 Å². The lowest BCUT2D eigenvalue weighted by molar-refractivity contribution is 0.0709. The molecule has 0 aromatic heterocycles. The molecule has 7 nitrogen and oxygen atoms in total. The molecule has 0 aliphatic heterocycles. The maximum absolute atomic E-state index is 12.5. The van der Waals surface area contributed by atoms with Crippen LogP contribution in [-0.2, 0) is 0 Å². The molecule has 0 atom stereocenters. The summed E-state index contributed by atoms with van der Waals surface area (Å²) in [5.41, 5.74) is -1.81. The van der Waals surface area contributed by atoms with Crippen LogP contribution in [0.15, 0.2) is 5.29 Å². The predicted octanol–water partition coefficient (Wildman–Crippen LogP) is -0.389. The van der Waals surface area contributed by atoms with E-state index in [1.165, 1.54) is 0 Å². The van der Waals surface area contributed by atoms with E-state index in [4.69, 9.17) is 21.8 Å². The number of hydrogen-bond donors (Lipinski definition) is 3. The molecule has 0 heterocycles. The van der Waals surface area contributed by atoms with Crippen LogP contribution in [0.2, 0.25) is 0 Å². The molecule has 0 aromatic rings. The van der Waals surface area contributed by atoms with Gasteiger partial charge in [-0.1, -0.05) is 0 Å². The lowest BCUT2D eigenvalue weighted by atomic mass is 10.1. The average molecular weight is 258 g/mol. The van der Waals surface area contributed by atoms with Gasteiger partial charge in [0.2, 0.25) is 0 Å². The van der Waals surface area contributed by atoms with E-state index >= 15 is 0 Å². The SMILES string of the molecule is O=NN(CCCl)C(=O)NC(CO)(CO)CF. The van der Waals surface area contributed by atoms with Gasteiger partial charge < -0.3 is 15.5 Å². The number of nitrogens with zero attached hydrogens (tertiary/aromatic N) is 2. The molecule has 0 saturated heterocycles. The monoisotopic (exact) mass is 257 g/mol. The second-order valence-corrected chi connectivity index (χ2v) is 3.43. The average Bonchev–Trinajstić information content (AvgIpc) is 2.33. The number of hydrogen-bond acceptors (Lipinski definition) is 5. The summed E-state index contributed by atoms with van der Waals surface area (Å²) in [6.45, 7) is -2.95. The Kier molecular flexibility index (Phi) is 6.86. The van der Waals surface area contributed by atoms with Crippen molar-refractivity contribution in [3.8, 4) is 0 Å². The van der Waals surface area contributed by atoms with Crippen molar-refractivity contribution in [1.82, 2.24) is 10.3 Å². The van der Waals surface area contributed by atoms with Crippen LogP contribution in [0.3, 0.4) is 0 Å². The summed E-state index contributed by atoms with van der Waals surface area (Å²) < 4.78 is 12.5. The summed E-state index contributed by atoms with van der Waals surface area (Å²) in [5, 5.41) is 22.5. The highest BCUT2D eigenvalue weighted by atomic mass is 35.5. The molecular weight excluding hydrogens is 245 g/mol. The minimum absolute atomic E-state index is 0.0277. The van der Waals surface area contributed by atoms with Crippen LogP contribution in [0.1, 0.15) is 0 Å². The minimum atomic E-state index is -1.81. The lowest BCUT2D eigenvalue weighted by Crippen LogP contribution is -2.58. The van der Waals surface area contributed by atoms with E-state index in [-0.39, 0.29) is 12.4 Å². The Balaban J connectivity index is 4.55. The zero-order valence-electron chi connectivity index (χ0n) is 8.40. The van der Waals surface area contributed by atoms with Gasteiger partial charge in [0.05, 0.1) is 25.0 Å². The van der Waals surface area contributed by atoms with E-state index in [0.717, 1.165) is 0 Å². The summed E-state index contributed by atoms with van der Waals surface area (Å²) in [6, 6.07) is -1.03. The molecule has 0 radical (unpaired) electrons. The number of rotatable bonds is 7. The highest BCUT2D eigenvalue weighted by Crippen LogP contribution is 2.05. The minimum Gasteiger partial charge on any atom is -0.394 e. The number of nitroso groups, excluding NO2 is 1. The Morgan fingerprint density at radius 1 is 1.50 bits per heavy atom. The zero-order valence-corrected chi connectivity index (χ0v) is 9.15. The molecule has 0 aliphatic rings. The quantitative estimate of drug-likeness (QED) is 0.328. The zero-order chi connectivity index (χ0) is 12.6. The Morgan fingerprint density at radius 3 is 2.38 bits per heavy atom. The molecule has 94 valence electrons. The van der Waals surface area contributed by atoms with Crippen LogP contribution in [0.5, 0.6) is 0 Å². The molecule has 0 unspecified atom stereocenters. The summed E-state index contributed by atoms with van der Waals surface area (Å²) in [7, 11) is 0. The molecular formula is C7H13ClFN3O4. The number of aliphatic hydroxyl groups excluding tert-OH is 2. The Bertz CT molecular complexity index is 231. The van der Waals surface area contributed by atoms with Crippen molar-refractivity contribution in [2.24, 2.45) is 5.29 Å². The molecule has 16 heavy (non-hydrogen) atoms. The lowest BCUT2D eigenvalue weighted by Gasteiger charge is -2.28. The van der Waals surface area contributed by atoms with Crippen LogP contribution in [-0.4, -0.2) is 59.1 Å². The third-order valence-corrected chi connectivity index (χ3v) is 2.03. The number of urea groups is 1. The first kappa shape index (κ1) is 15.0. The van der Waals surface area contributed by atoms with Gasteiger partial charge in [-0.15, -0.1) is 16.5 Å². The van der Waals surface area contributed by atoms with Crippen molar-refractivity contribution in [3.63, 3.8) is 0 Å². The molecule has 9 heteroatoms. The Labute approximate surface area is 96.1 Å². The Hall–Kier alpha value is -0.990. The van der Waals surface area contributed by atoms with E-state index < -0.39 is 31.5 Å². The van der Waals surface area contributed by atoms with Crippen LogP contribution in [0, 0.1) is 4.91 Å². The van der Waals surface area contributed by atoms with E-state index in [2.05, 4.69) is 5.29 Å². The van der Waals surface area contributed by atoms with E-state index in [0.29, 0.717) is 5.01 Å². The Morgan fingerprint density at radius 2 is 2.06 bits per heavy atom. The highest BCUT2D eigenvalue weighted by Gasteiger charge is 2.32. The van der Waals surface area contributed by atoms with Gasteiger partial charge in [-0.05, 0) is 0 Å². The van der Waals surface area contributed by atoms with Crippen molar-refractivity contribution in [3.05, 3.63) is 4.91 Å². The summed E-state index contributed by atoms with van der Waals surface area (Å²) in [4.78, 5) is 21.6. The fourth-order valence-electron chi connectivity index (χ4n) is 0.798. The van der Waals surface area contributed by atoms with E-state index in [1.807, 2.05) is 5.32 Å². The summed E-state index contributed by atoms with van der Waals surface area (Å²) in [6.07, 6.45) is 0. The molecule has 0 aliphatic carbocycles. The number of carbonyl (C=O) groups excluding carboxylic acids is 1. The fourth-order valence-corrected chi connectivity index (χ4v) is 0.958. The van der Waals surface area contributed by atoms with Crippen LogP contribution in [0.4, 0.5) is 9.18 Å². The van der Waals surface area contributed by atoms with Gasteiger partial charge in [0.25, 0.3) is 0 Å². The van der Waals surface area contributed by atoms with E-state index in [9.17, 15) is 14.1 Å². The van der Waals surface area contributed by atoms with Gasteiger partial charge in [0.15, 0.2) is 0 Å². The maximum Gasteiger partial charge on any atom is 0.341 e. The summed E-state index contributed by atoms with van der Waals surface area (Å²) >= 11 is 5.30. The largest absolute Gasteiger partial charge is 0.394 e. The number of amides is 2. The van der Waals surface area contributed by atoms with Crippen molar-refractivity contribution in [2.45, 2.75) is 5.54 Å². The molecule has 0 saturated carbocycles. The van der Waals surface area contributed by atoms with Crippen LogP contribution < -0.4 is 5.32 Å². The highest BCUT2D eigenvalue weighted by molar-refractivity contribution is 6.18. The molecule has 0 aromatic carbocycles. The second-order valence-electron chi connectivity index (χ2n) is 3.05. The molecule has 2 amide bonds. The normalized spacial score (nSPS) is 11.0. The van der Waals surface area contributed by atoms with Crippen molar-refractivity contribution in [1.29, 1.82) is 0 Å². The van der Waals surface area contributed by atoms with Gasteiger partial charge >= 0.3 is 6.03 Å². The standard InChI is InChI=1S/C7H13ClFN3O4/c8-1-2-12(11-16)6(15)10-7(3-9,4-13)5-14/h13-14H,1-5H2,(H,10,15). The number of carbonyl (C=O) groups is 1. The smallest absolute Gasteiger partial charge is 0.341 e. The molecule has 0 rings (SSSR count). The van der Waals surface area contributed by atoms with Gasteiger partial charge in [0.1, 0.15) is 12.2 Å². The number of halogens is 2. The molecule has 0 fully saturated rings. The van der Waals surface area contributed by atoms with Crippen LogP contribution >= 0.6 is 11.6 Å². The van der Waals surface area contributed by atoms with Crippen LogP contribution in [0.25, 0.3) is 0 Å². The van der Waals surface area contributed by atoms with Crippen molar-refractivity contribution < 1.29 is 19.4 Å². The first-order valence-corrected chi connectivity index (χ1v) is 4.89. The third kappa shape index (κ3) is 3.87. The van der Waals surface area contributed by atoms with Gasteiger partial charge in [0, 0.05) is 5.88 Å². The third-order valence-electron chi connectivity index (χ3n) is 1.86.